The molecule has 0 spiro atoms. The Labute approximate surface area is 182 Å². The number of carbonyl (C=O) groups is 1. The summed E-state index contributed by atoms with van der Waals surface area (Å²) in [5, 5.41) is 5.42. The fourth-order valence-corrected chi connectivity index (χ4v) is 4.45. The van der Waals surface area contributed by atoms with Gasteiger partial charge in [-0.3, -0.25) is 14.5 Å². The lowest BCUT2D eigenvalue weighted by Gasteiger charge is -2.33. The molecule has 3 heterocycles. The van der Waals surface area contributed by atoms with Gasteiger partial charge in [0.05, 0.1) is 22.9 Å². The van der Waals surface area contributed by atoms with Gasteiger partial charge in [0.15, 0.2) is 17.5 Å². The molecule has 8 heteroatoms. The third-order valence-corrected chi connectivity index (χ3v) is 6.01. The Kier molecular flexibility index (Phi) is 4.73. The summed E-state index contributed by atoms with van der Waals surface area (Å²) in [5.74, 6) is -4.12. The van der Waals surface area contributed by atoms with Crippen molar-refractivity contribution in [1.29, 1.82) is 0 Å². The number of amides is 1. The average Bonchev–Trinajstić information content (AvgIpc) is 3.13. The maximum absolute atomic E-state index is 13.8. The molecule has 0 bridgehead atoms. The molecular weight excluding hydrogens is 417 g/mol. The van der Waals surface area contributed by atoms with Gasteiger partial charge in [-0.1, -0.05) is 6.07 Å². The molecule has 1 aliphatic rings. The van der Waals surface area contributed by atoms with Crippen molar-refractivity contribution >= 4 is 16.8 Å². The third-order valence-electron chi connectivity index (χ3n) is 6.01. The molecule has 0 N–H and O–H groups in total. The van der Waals surface area contributed by atoms with Crippen molar-refractivity contribution in [3.8, 4) is 11.3 Å². The zero-order valence-corrected chi connectivity index (χ0v) is 17.4. The van der Waals surface area contributed by atoms with E-state index in [9.17, 15) is 18.0 Å². The predicted molar refractivity (Wildman–Crippen MR) is 113 cm³/mol. The SMILES string of the molecule is C[C@H]1c2nn(C)c(-c3cc(F)c(F)c(F)c3)c2CCN1C(=O)c1ccc2ncccc2c1. The second-order valence-electron chi connectivity index (χ2n) is 7.93. The van der Waals surface area contributed by atoms with Crippen LogP contribution >= 0.6 is 0 Å². The molecular formula is C24H19F3N4O. The van der Waals surface area contributed by atoms with Crippen molar-refractivity contribution in [2.75, 3.05) is 6.54 Å². The zero-order chi connectivity index (χ0) is 22.6. The summed E-state index contributed by atoms with van der Waals surface area (Å²) in [4.78, 5) is 19.3. The van der Waals surface area contributed by atoms with Gasteiger partial charge < -0.3 is 4.90 Å². The molecule has 1 aliphatic heterocycles. The van der Waals surface area contributed by atoms with E-state index in [1.807, 2.05) is 31.2 Å². The quantitative estimate of drug-likeness (QED) is 0.424. The largest absolute Gasteiger partial charge is 0.330 e. The molecule has 2 aromatic carbocycles. The monoisotopic (exact) mass is 436 g/mol. The molecule has 0 saturated carbocycles. The van der Waals surface area contributed by atoms with E-state index in [4.69, 9.17) is 0 Å². The second-order valence-corrected chi connectivity index (χ2v) is 7.93. The van der Waals surface area contributed by atoms with Crippen LogP contribution in [0.4, 0.5) is 13.2 Å². The molecule has 0 aliphatic carbocycles. The van der Waals surface area contributed by atoms with E-state index in [-0.39, 0.29) is 17.5 Å². The van der Waals surface area contributed by atoms with Crippen molar-refractivity contribution in [2.24, 2.45) is 7.05 Å². The fourth-order valence-electron chi connectivity index (χ4n) is 4.45. The van der Waals surface area contributed by atoms with Crippen molar-refractivity contribution < 1.29 is 18.0 Å². The zero-order valence-electron chi connectivity index (χ0n) is 17.4. The first-order chi connectivity index (χ1) is 15.3. The van der Waals surface area contributed by atoms with Gasteiger partial charge in [-0.25, -0.2) is 13.2 Å². The van der Waals surface area contributed by atoms with Gasteiger partial charge in [0.25, 0.3) is 5.91 Å². The van der Waals surface area contributed by atoms with Gasteiger partial charge in [-0.15, -0.1) is 0 Å². The van der Waals surface area contributed by atoms with Gasteiger partial charge >= 0.3 is 0 Å². The highest BCUT2D eigenvalue weighted by molar-refractivity contribution is 5.98. The van der Waals surface area contributed by atoms with E-state index in [0.717, 1.165) is 28.6 Å². The van der Waals surface area contributed by atoms with E-state index in [1.54, 1.807) is 24.2 Å². The topological polar surface area (TPSA) is 51.0 Å². The standard InChI is InChI=1S/C24H19F3N4O/c1-13-22-17(23(30(2)29-22)16-11-18(25)21(27)19(26)12-16)7-9-31(13)24(32)15-5-6-20-14(10-15)4-3-8-28-20/h3-6,8,10-13H,7,9H2,1-2H3/t13-/m0/s1. The van der Waals surface area contributed by atoms with E-state index in [2.05, 4.69) is 10.1 Å². The van der Waals surface area contributed by atoms with E-state index in [1.165, 1.54) is 4.68 Å². The van der Waals surface area contributed by atoms with Gasteiger partial charge in [-0.2, -0.15) is 5.10 Å². The smallest absolute Gasteiger partial charge is 0.254 e. The molecule has 5 rings (SSSR count). The van der Waals surface area contributed by atoms with Crippen LogP contribution < -0.4 is 0 Å². The van der Waals surface area contributed by atoms with Crippen LogP contribution in [0.2, 0.25) is 0 Å². The summed E-state index contributed by atoms with van der Waals surface area (Å²) in [6.45, 7) is 2.30. The summed E-state index contributed by atoms with van der Waals surface area (Å²) in [6, 6.07) is 10.7. The highest BCUT2D eigenvalue weighted by Crippen LogP contribution is 2.37. The van der Waals surface area contributed by atoms with E-state index in [0.29, 0.717) is 29.9 Å². The molecule has 1 amide bonds. The molecule has 1 atom stereocenters. The fraction of sp³-hybridized carbons (Fsp3) is 0.208. The number of hydrogen-bond donors (Lipinski definition) is 0. The van der Waals surface area contributed by atoms with Crippen molar-refractivity contribution in [3.05, 3.63) is 82.9 Å². The normalized spacial score (nSPS) is 15.8. The second kappa shape index (κ2) is 7.47. The van der Waals surface area contributed by atoms with Crippen molar-refractivity contribution in [2.45, 2.75) is 19.4 Å². The maximum atomic E-state index is 13.8. The van der Waals surface area contributed by atoms with Crippen LogP contribution in [-0.4, -0.2) is 32.1 Å². The molecule has 2 aromatic heterocycles. The Balaban J connectivity index is 1.51. The Morgan fingerprint density at radius 1 is 1.09 bits per heavy atom. The maximum Gasteiger partial charge on any atom is 0.254 e. The van der Waals surface area contributed by atoms with Crippen LogP contribution in [0.1, 0.15) is 34.6 Å². The van der Waals surface area contributed by atoms with Gasteiger partial charge in [0, 0.05) is 41.9 Å². The number of halogens is 3. The number of benzene rings is 2. The highest BCUT2D eigenvalue weighted by atomic mass is 19.2. The lowest BCUT2D eigenvalue weighted by Crippen LogP contribution is -2.38. The number of rotatable bonds is 2. The number of carbonyl (C=O) groups excluding carboxylic acids is 1. The first kappa shape index (κ1) is 20.2. The minimum Gasteiger partial charge on any atom is -0.330 e. The minimum atomic E-state index is -1.50. The average molecular weight is 436 g/mol. The van der Waals surface area contributed by atoms with Crippen LogP contribution in [0.3, 0.4) is 0 Å². The molecule has 0 saturated heterocycles. The molecule has 0 unspecified atom stereocenters. The first-order valence-electron chi connectivity index (χ1n) is 10.2. The van der Waals surface area contributed by atoms with E-state index >= 15 is 0 Å². The molecule has 4 aromatic rings. The molecule has 0 fully saturated rings. The number of hydrogen-bond acceptors (Lipinski definition) is 3. The summed E-state index contributed by atoms with van der Waals surface area (Å²) < 4.78 is 42.6. The summed E-state index contributed by atoms with van der Waals surface area (Å²) >= 11 is 0. The number of fused-ring (bicyclic) bond motifs is 2. The Morgan fingerprint density at radius 2 is 1.84 bits per heavy atom. The van der Waals surface area contributed by atoms with Crippen LogP contribution in [-0.2, 0) is 13.5 Å². The van der Waals surface area contributed by atoms with Crippen LogP contribution in [0, 0.1) is 17.5 Å². The van der Waals surface area contributed by atoms with Gasteiger partial charge in [0.2, 0.25) is 0 Å². The van der Waals surface area contributed by atoms with Crippen molar-refractivity contribution in [3.63, 3.8) is 0 Å². The predicted octanol–water partition coefficient (Wildman–Crippen LogP) is 4.81. The van der Waals surface area contributed by atoms with Crippen LogP contribution in [0.5, 0.6) is 0 Å². The Bertz CT molecular complexity index is 1360. The number of aromatic nitrogens is 3. The Morgan fingerprint density at radius 3 is 2.59 bits per heavy atom. The molecule has 0 radical (unpaired) electrons. The van der Waals surface area contributed by atoms with Crippen LogP contribution in [0.25, 0.3) is 22.2 Å². The number of pyridine rings is 1. The molecule has 162 valence electrons. The first-order valence-corrected chi connectivity index (χ1v) is 10.2. The number of nitrogens with zero attached hydrogens (tertiary/aromatic N) is 4. The van der Waals surface area contributed by atoms with Gasteiger partial charge in [-0.05, 0) is 49.7 Å². The lowest BCUT2D eigenvalue weighted by molar-refractivity contribution is 0.0674. The minimum absolute atomic E-state index is 0.125. The Hall–Kier alpha value is -3.68. The lowest BCUT2D eigenvalue weighted by atomic mass is 9.95. The number of aryl methyl sites for hydroxylation is 1. The van der Waals surface area contributed by atoms with Crippen LogP contribution in [0.15, 0.2) is 48.7 Å². The van der Waals surface area contributed by atoms with Gasteiger partial charge in [0.1, 0.15) is 0 Å². The third kappa shape index (κ3) is 3.14. The summed E-state index contributed by atoms with van der Waals surface area (Å²) in [5.41, 5.74) is 3.57. The summed E-state index contributed by atoms with van der Waals surface area (Å²) in [7, 11) is 1.67. The molecule has 5 nitrogen and oxygen atoms in total. The summed E-state index contributed by atoms with van der Waals surface area (Å²) in [6.07, 6.45) is 2.17. The highest BCUT2D eigenvalue weighted by Gasteiger charge is 2.33. The van der Waals surface area contributed by atoms with E-state index < -0.39 is 17.5 Å². The molecule has 32 heavy (non-hydrogen) atoms. The van der Waals surface area contributed by atoms with Crippen molar-refractivity contribution in [1.82, 2.24) is 19.7 Å².